The first-order valence-electron chi connectivity index (χ1n) is 9.03. The molecule has 3 aromatic rings. The fourth-order valence-electron chi connectivity index (χ4n) is 3.37. The quantitative estimate of drug-likeness (QED) is 0.585. The van der Waals surface area contributed by atoms with Gasteiger partial charge in [0.25, 0.3) is 0 Å². The zero-order valence-electron chi connectivity index (χ0n) is 15.2. The van der Waals surface area contributed by atoms with Crippen LogP contribution in [0.2, 0.25) is 10.0 Å². The Balaban J connectivity index is 1.55. The summed E-state index contributed by atoms with van der Waals surface area (Å²) in [5, 5.41) is 8.14. The van der Waals surface area contributed by atoms with Crippen molar-refractivity contribution in [2.75, 3.05) is 13.1 Å². The Morgan fingerprint density at radius 2 is 2.11 bits per heavy atom. The van der Waals surface area contributed by atoms with Gasteiger partial charge >= 0.3 is 0 Å². The van der Waals surface area contributed by atoms with E-state index in [-0.39, 0.29) is 5.02 Å². The number of nitrogens with zero attached hydrogens (tertiary/aromatic N) is 3. The molecule has 3 heterocycles. The van der Waals surface area contributed by atoms with E-state index in [4.69, 9.17) is 27.9 Å². The van der Waals surface area contributed by atoms with Crippen LogP contribution in [0.1, 0.15) is 31.1 Å². The molecule has 2 aromatic heterocycles. The Bertz CT molecular complexity index is 988. The average Bonchev–Trinajstić information content (AvgIpc) is 3.36. The van der Waals surface area contributed by atoms with Crippen LogP contribution >= 0.6 is 23.2 Å². The molecule has 0 spiro atoms. The standard InChI is InChI=1S/C20H19Cl2FN4O/c1-12(19-17(21)2-3-18(23)20(19)22)28-16-6-13(7-25-10-16)14-8-26-27(11-14)15-4-5-24-9-15/h2-3,6-8,10-12,15,24H,4-5,9H2,1H3/t12-,15+/m1/s1. The summed E-state index contributed by atoms with van der Waals surface area (Å²) in [6, 6.07) is 4.96. The molecule has 1 saturated heterocycles. The summed E-state index contributed by atoms with van der Waals surface area (Å²) in [6.07, 6.45) is 7.72. The second kappa shape index (κ2) is 8.07. The maximum atomic E-state index is 13.8. The van der Waals surface area contributed by atoms with Gasteiger partial charge in [0.15, 0.2) is 0 Å². The van der Waals surface area contributed by atoms with E-state index < -0.39 is 11.9 Å². The molecule has 8 heteroatoms. The zero-order chi connectivity index (χ0) is 19.7. The molecular weight excluding hydrogens is 402 g/mol. The number of nitrogens with one attached hydrogen (secondary N) is 1. The minimum atomic E-state index is -0.542. The Morgan fingerprint density at radius 3 is 2.89 bits per heavy atom. The molecule has 2 atom stereocenters. The van der Waals surface area contributed by atoms with Crippen LogP contribution in [0.4, 0.5) is 4.39 Å². The molecule has 0 unspecified atom stereocenters. The first-order chi connectivity index (χ1) is 13.5. The topological polar surface area (TPSA) is 52.0 Å². The average molecular weight is 421 g/mol. The van der Waals surface area contributed by atoms with Crippen LogP contribution in [-0.2, 0) is 0 Å². The van der Waals surface area contributed by atoms with Gasteiger partial charge in [-0.2, -0.15) is 5.10 Å². The third kappa shape index (κ3) is 3.85. The number of pyridine rings is 1. The van der Waals surface area contributed by atoms with Crippen molar-refractivity contribution in [2.45, 2.75) is 25.5 Å². The van der Waals surface area contributed by atoms with E-state index in [2.05, 4.69) is 15.4 Å². The van der Waals surface area contributed by atoms with E-state index in [1.54, 1.807) is 19.3 Å². The lowest BCUT2D eigenvalue weighted by molar-refractivity contribution is 0.226. The number of ether oxygens (including phenoxy) is 1. The van der Waals surface area contributed by atoms with Crippen molar-refractivity contribution in [3.8, 4) is 16.9 Å². The van der Waals surface area contributed by atoms with Gasteiger partial charge in [-0.1, -0.05) is 23.2 Å². The summed E-state index contributed by atoms with van der Waals surface area (Å²) in [5.74, 6) is 0.00823. The first kappa shape index (κ1) is 19.2. The zero-order valence-corrected chi connectivity index (χ0v) is 16.7. The van der Waals surface area contributed by atoms with Crippen molar-refractivity contribution in [2.24, 2.45) is 0 Å². The summed E-state index contributed by atoms with van der Waals surface area (Å²) >= 11 is 12.3. The minimum Gasteiger partial charge on any atom is -0.484 e. The van der Waals surface area contributed by atoms with Crippen molar-refractivity contribution < 1.29 is 9.13 Å². The Hall–Kier alpha value is -2.15. The van der Waals surface area contributed by atoms with E-state index in [0.717, 1.165) is 30.6 Å². The molecule has 1 N–H and O–H groups in total. The third-order valence-electron chi connectivity index (χ3n) is 4.86. The highest BCUT2D eigenvalue weighted by atomic mass is 35.5. The fourth-order valence-corrected chi connectivity index (χ4v) is 4.05. The monoisotopic (exact) mass is 420 g/mol. The van der Waals surface area contributed by atoms with Crippen molar-refractivity contribution in [1.82, 2.24) is 20.1 Å². The molecule has 0 radical (unpaired) electrons. The van der Waals surface area contributed by atoms with Crippen LogP contribution in [0.25, 0.3) is 11.1 Å². The molecule has 4 rings (SSSR count). The molecule has 0 saturated carbocycles. The predicted octanol–water partition coefficient (Wildman–Crippen LogP) is 5.07. The minimum absolute atomic E-state index is 0.0319. The van der Waals surface area contributed by atoms with Gasteiger partial charge < -0.3 is 10.1 Å². The van der Waals surface area contributed by atoms with E-state index in [1.165, 1.54) is 12.1 Å². The lowest BCUT2D eigenvalue weighted by atomic mass is 10.1. The van der Waals surface area contributed by atoms with Gasteiger partial charge in [0.1, 0.15) is 17.7 Å². The van der Waals surface area contributed by atoms with E-state index in [0.29, 0.717) is 22.4 Å². The molecular formula is C20H19Cl2FN4O. The van der Waals surface area contributed by atoms with Crippen LogP contribution in [-0.4, -0.2) is 27.9 Å². The number of halogens is 3. The summed E-state index contributed by atoms with van der Waals surface area (Å²) < 4.78 is 21.7. The lowest BCUT2D eigenvalue weighted by Gasteiger charge is -2.18. The van der Waals surface area contributed by atoms with E-state index in [9.17, 15) is 4.39 Å². The Labute approximate surface area is 172 Å². The molecule has 0 amide bonds. The summed E-state index contributed by atoms with van der Waals surface area (Å²) in [5.41, 5.74) is 2.26. The van der Waals surface area contributed by atoms with Crippen LogP contribution in [0, 0.1) is 5.82 Å². The number of benzene rings is 1. The number of hydrogen-bond donors (Lipinski definition) is 1. The van der Waals surface area contributed by atoms with Crippen LogP contribution in [0.5, 0.6) is 5.75 Å². The third-order valence-corrected chi connectivity index (χ3v) is 5.57. The smallest absolute Gasteiger partial charge is 0.142 e. The van der Waals surface area contributed by atoms with Crippen molar-refractivity contribution >= 4 is 23.2 Å². The Morgan fingerprint density at radius 1 is 1.25 bits per heavy atom. The van der Waals surface area contributed by atoms with Gasteiger partial charge in [0.2, 0.25) is 0 Å². The molecule has 28 heavy (non-hydrogen) atoms. The maximum Gasteiger partial charge on any atom is 0.142 e. The molecule has 5 nitrogen and oxygen atoms in total. The highest BCUT2D eigenvalue weighted by Crippen LogP contribution is 2.35. The van der Waals surface area contributed by atoms with Gasteiger partial charge in [-0.25, -0.2) is 4.39 Å². The van der Waals surface area contributed by atoms with Crippen molar-refractivity contribution in [1.29, 1.82) is 0 Å². The summed E-state index contributed by atoms with van der Waals surface area (Å²) in [6.45, 7) is 3.70. The normalized spacial score (nSPS) is 17.6. The molecule has 1 aliphatic rings. The molecule has 1 aliphatic heterocycles. The highest BCUT2D eigenvalue weighted by molar-refractivity contribution is 6.36. The van der Waals surface area contributed by atoms with Gasteiger partial charge in [0.05, 0.1) is 23.5 Å². The second-order valence-electron chi connectivity index (χ2n) is 6.78. The predicted molar refractivity (Wildman–Crippen MR) is 107 cm³/mol. The number of aromatic nitrogens is 3. The number of rotatable bonds is 5. The van der Waals surface area contributed by atoms with Crippen molar-refractivity contribution in [3.05, 3.63) is 64.4 Å². The van der Waals surface area contributed by atoms with Crippen molar-refractivity contribution in [3.63, 3.8) is 0 Å². The van der Waals surface area contributed by atoms with Gasteiger partial charge in [0, 0.05) is 40.7 Å². The summed E-state index contributed by atoms with van der Waals surface area (Å²) in [4.78, 5) is 4.26. The van der Waals surface area contributed by atoms with Gasteiger partial charge in [-0.3, -0.25) is 9.67 Å². The number of hydrogen-bond acceptors (Lipinski definition) is 4. The van der Waals surface area contributed by atoms with Crippen LogP contribution < -0.4 is 10.1 Å². The highest BCUT2D eigenvalue weighted by Gasteiger charge is 2.20. The largest absolute Gasteiger partial charge is 0.484 e. The van der Waals surface area contributed by atoms with Crippen LogP contribution in [0.3, 0.4) is 0 Å². The van der Waals surface area contributed by atoms with E-state index in [1.807, 2.05) is 23.1 Å². The van der Waals surface area contributed by atoms with E-state index >= 15 is 0 Å². The molecule has 146 valence electrons. The summed E-state index contributed by atoms with van der Waals surface area (Å²) in [7, 11) is 0. The molecule has 1 fully saturated rings. The first-order valence-corrected chi connectivity index (χ1v) is 9.79. The van der Waals surface area contributed by atoms with Gasteiger partial charge in [-0.05, 0) is 38.1 Å². The fraction of sp³-hybridized carbons (Fsp3) is 0.300. The Kier molecular flexibility index (Phi) is 5.53. The van der Waals surface area contributed by atoms with Gasteiger partial charge in [-0.15, -0.1) is 0 Å². The maximum absolute atomic E-state index is 13.8. The lowest BCUT2D eigenvalue weighted by Crippen LogP contribution is -2.13. The second-order valence-corrected chi connectivity index (χ2v) is 7.57. The SMILES string of the molecule is C[C@@H](Oc1cncc(-c2cnn([C@H]3CCNC3)c2)c1)c1c(Cl)ccc(F)c1Cl. The molecule has 0 bridgehead atoms. The molecule has 0 aliphatic carbocycles. The van der Waals surface area contributed by atoms with Crippen LogP contribution in [0.15, 0.2) is 43.0 Å². The molecule has 1 aromatic carbocycles.